The van der Waals surface area contributed by atoms with Gasteiger partial charge < -0.3 is 24.4 Å². The molecule has 0 saturated carbocycles. The number of fused-ring (bicyclic) bond motifs is 1. The van der Waals surface area contributed by atoms with Crippen LogP contribution in [0.4, 0.5) is 13.2 Å². The smallest absolute Gasteiger partial charge is 0.469 e. The molecule has 0 saturated heterocycles. The van der Waals surface area contributed by atoms with Gasteiger partial charge in [-0.2, -0.15) is 13.2 Å². The molecular formula is C28H27F3N3O5P. The zero-order valence-corrected chi connectivity index (χ0v) is 22.3. The van der Waals surface area contributed by atoms with Crippen molar-refractivity contribution in [3.63, 3.8) is 0 Å². The van der Waals surface area contributed by atoms with Gasteiger partial charge in [0.2, 0.25) is 0 Å². The average Bonchev–Trinajstić information content (AvgIpc) is 3.37. The maximum atomic E-state index is 14.1. The number of hydrogen-bond acceptors (Lipinski definition) is 5. The number of ether oxygens (including phenoxy) is 1. The average molecular weight is 574 g/mol. The first-order valence-corrected chi connectivity index (χ1v) is 14.0. The van der Waals surface area contributed by atoms with Gasteiger partial charge in [0, 0.05) is 24.8 Å². The highest BCUT2D eigenvalue weighted by molar-refractivity contribution is 7.46. The van der Waals surface area contributed by atoms with Gasteiger partial charge in [0.25, 0.3) is 0 Å². The van der Waals surface area contributed by atoms with Crippen molar-refractivity contribution in [1.29, 1.82) is 0 Å². The lowest BCUT2D eigenvalue weighted by molar-refractivity contribution is -0.139. The summed E-state index contributed by atoms with van der Waals surface area (Å²) in [4.78, 5) is 22.8. The van der Waals surface area contributed by atoms with E-state index < -0.39 is 25.1 Å². The Bertz CT molecular complexity index is 1540. The number of benzene rings is 3. The van der Waals surface area contributed by atoms with Crippen molar-refractivity contribution in [1.82, 2.24) is 14.9 Å². The van der Waals surface area contributed by atoms with Crippen molar-refractivity contribution in [3.05, 3.63) is 95.9 Å². The van der Waals surface area contributed by atoms with Crippen molar-refractivity contribution in [2.45, 2.75) is 31.8 Å². The highest BCUT2D eigenvalue weighted by Crippen LogP contribution is 2.41. The van der Waals surface area contributed by atoms with Crippen LogP contribution >= 0.6 is 7.82 Å². The molecule has 12 heteroatoms. The van der Waals surface area contributed by atoms with E-state index in [-0.39, 0.29) is 30.2 Å². The normalized spacial score (nSPS) is 17.4. The number of phosphoric acid groups is 1. The van der Waals surface area contributed by atoms with Gasteiger partial charge >= 0.3 is 14.0 Å². The molecule has 40 heavy (non-hydrogen) atoms. The van der Waals surface area contributed by atoms with Gasteiger partial charge in [0.1, 0.15) is 18.2 Å². The summed E-state index contributed by atoms with van der Waals surface area (Å²) >= 11 is 0. The molecule has 4 aromatic rings. The SMILES string of the molecule is C[C@@]1(COP(=O)(O)O)NCCn2cc(-c3ccc(OCc4ccc(-c5ccccc5)cc4)c(C(F)(F)F)c3)nc21. The molecule has 0 amide bonds. The number of imidazole rings is 1. The molecule has 1 aromatic heterocycles. The second-order valence-electron chi connectivity index (χ2n) is 9.73. The van der Waals surface area contributed by atoms with Gasteiger partial charge in [-0.15, -0.1) is 0 Å². The molecule has 210 valence electrons. The zero-order valence-electron chi connectivity index (χ0n) is 21.4. The van der Waals surface area contributed by atoms with Crippen LogP contribution in [0.1, 0.15) is 23.9 Å². The number of hydrogen-bond donors (Lipinski definition) is 3. The van der Waals surface area contributed by atoms with Crippen molar-refractivity contribution >= 4 is 7.82 Å². The summed E-state index contributed by atoms with van der Waals surface area (Å²) in [5, 5.41) is 3.13. The number of nitrogens with zero attached hydrogens (tertiary/aromatic N) is 2. The summed E-state index contributed by atoms with van der Waals surface area (Å²) in [6, 6.07) is 21.0. The highest BCUT2D eigenvalue weighted by atomic mass is 31.2. The molecule has 0 aliphatic carbocycles. The van der Waals surface area contributed by atoms with Crippen LogP contribution in [0, 0.1) is 0 Å². The van der Waals surface area contributed by atoms with E-state index in [1.165, 1.54) is 12.1 Å². The Kier molecular flexibility index (Phi) is 7.60. The topological polar surface area (TPSA) is 106 Å². The van der Waals surface area contributed by atoms with E-state index in [0.717, 1.165) is 22.8 Å². The van der Waals surface area contributed by atoms with Crippen molar-refractivity contribution in [3.8, 4) is 28.1 Å². The molecule has 0 radical (unpaired) electrons. The number of aromatic nitrogens is 2. The minimum Gasteiger partial charge on any atom is -0.488 e. The summed E-state index contributed by atoms with van der Waals surface area (Å²) in [5.41, 5.74) is 1.29. The maximum Gasteiger partial charge on any atom is 0.469 e. The van der Waals surface area contributed by atoms with E-state index >= 15 is 0 Å². The minimum absolute atomic E-state index is 0.0418. The number of rotatable bonds is 8. The molecule has 1 aliphatic rings. The highest BCUT2D eigenvalue weighted by Gasteiger charge is 2.38. The fourth-order valence-electron chi connectivity index (χ4n) is 4.65. The van der Waals surface area contributed by atoms with Gasteiger partial charge in [-0.25, -0.2) is 9.55 Å². The molecule has 2 heterocycles. The molecule has 0 bridgehead atoms. The first-order valence-electron chi connectivity index (χ1n) is 12.4. The van der Waals surface area contributed by atoms with Crippen LogP contribution < -0.4 is 10.1 Å². The first-order chi connectivity index (χ1) is 18.9. The molecule has 0 unspecified atom stereocenters. The Morgan fingerprint density at radius 3 is 2.38 bits per heavy atom. The van der Waals surface area contributed by atoms with Crippen LogP contribution in [-0.2, 0) is 34.0 Å². The second kappa shape index (κ2) is 10.8. The quantitative estimate of drug-likeness (QED) is 0.231. The molecular weight excluding hydrogens is 546 g/mol. The van der Waals surface area contributed by atoms with Crippen LogP contribution in [0.15, 0.2) is 79.0 Å². The number of halogens is 3. The van der Waals surface area contributed by atoms with Crippen LogP contribution in [0.2, 0.25) is 0 Å². The van der Waals surface area contributed by atoms with Gasteiger partial charge in [-0.1, -0.05) is 54.6 Å². The van der Waals surface area contributed by atoms with Gasteiger partial charge in [0.15, 0.2) is 0 Å². The Morgan fingerprint density at radius 2 is 1.70 bits per heavy atom. The number of phosphoric ester groups is 1. The van der Waals surface area contributed by atoms with Crippen LogP contribution in [0.3, 0.4) is 0 Å². The standard InChI is InChI=1S/C28H27F3N3O5P/c1-27(18-39-40(35,36)37)26-33-24(16-34(26)14-13-32-27)22-11-12-25(23(15-22)28(29,30)31)38-17-19-7-9-21(10-8-19)20-5-3-2-4-6-20/h2-12,15-16,32H,13-14,17-18H2,1H3,(H2,35,36,37)/t27-/m0/s1. The largest absolute Gasteiger partial charge is 0.488 e. The van der Waals surface area contributed by atoms with E-state index in [2.05, 4.69) is 10.3 Å². The molecule has 5 rings (SSSR count). The third-order valence-corrected chi connectivity index (χ3v) is 7.16. The maximum absolute atomic E-state index is 14.1. The van der Waals surface area contributed by atoms with E-state index in [1.807, 2.05) is 54.6 Å². The lowest BCUT2D eigenvalue weighted by atomic mass is 10.0. The second-order valence-corrected chi connectivity index (χ2v) is 11.0. The fourth-order valence-corrected chi connectivity index (χ4v) is 5.07. The predicted octanol–water partition coefficient (Wildman–Crippen LogP) is 5.74. The van der Waals surface area contributed by atoms with Crippen LogP contribution in [0.5, 0.6) is 5.75 Å². The lowest BCUT2D eigenvalue weighted by Crippen LogP contribution is -2.50. The summed E-state index contributed by atoms with van der Waals surface area (Å²) < 4.78 is 65.5. The first kappa shape index (κ1) is 28.1. The minimum atomic E-state index is -4.73. The number of alkyl halides is 3. The summed E-state index contributed by atoms with van der Waals surface area (Å²) in [7, 11) is -4.73. The lowest BCUT2D eigenvalue weighted by Gasteiger charge is -2.34. The molecule has 0 fully saturated rings. The van der Waals surface area contributed by atoms with E-state index in [0.29, 0.717) is 18.9 Å². The summed E-state index contributed by atoms with van der Waals surface area (Å²) in [5.74, 6) is 0.101. The summed E-state index contributed by atoms with van der Waals surface area (Å²) in [6.07, 6.45) is -3.05. The third kappa shape index (κ3) is 6.29. The van der Waals surface area contributed by atoms with Crippen LogP contribution in [-0.4, -0.2) is 32.5 Å². The van der Waals surface area contributed by atoms with Crippen molar-refractivity contribution in [2.75, 3.05) is 13.2 Å². The Hall–Kier alpha value is -3.47. The monoisotopic (exact) mass is 573 g/mol. The van der Waals surface area contributed by atoms with Gasteiger partial charge in [0.05, 0.1) is 23.4 Å². The van der Waals surface area contributed by atoms with Crippen LogP contribution in [0.25, 0.3) is 22.4 Å². The molecule has 1 atom stereocenters. The van der Waals surface area contributed by atoms with Gasteiger partial charge in [-0.05, 0) is 41.8 Å². The molecule has 8 nitrogen and oxygen atoms in total. The molecule has 0 spiro atoms. The number of nitrogens with one attached hydrogen (secondary N) is 1. The van der Waals surface area contributed by atoms with E-state index in [4.69, 9.17) is 19.0 Å². The van der Waals surface area contributed by atoms with E-state index in [1.54, 1.807) is 17.7 Å². The zero-order chi connectivity index (χ0) is 28.5. The van der Waals surface area contributed by atoms with E-state index in [9.17, 15) is 17.7 Å². The van der Waals surface area contributed by atoms with Gasteiger partial charge in [-0.3, -0.25) is 4.52 Å². The molecule has 3 N–H and O–H groups in total. The Balaban J connectivity index is 1.37. The molecule has 3 aromatic carbocycles. The Morgan fingerprint density at radius 1 is 1.02 bits per heavy atom. The predicted molar refractivity (Wildman–Crippen MR) is 142 cm³/mol. The fraction of sp³-hybridized carbons (Fsp3) is 0.250. The van der Waals surface area contributed by atoms with Crippen molar-refractivity contribution in [2.24, 2.45) is 0 Å². The third-order valence-electron chi connectivity index (χ3n) is 6.70. The molecule has 1 aliphatic heterocycles. The summed E-state index contributed by atoms with van der Waals surface area (Å²) in [6.45, 7) is 2.18. The Labute approximate surface area is 228 Å². The van der Waals surface area contributed by atoms with Crippen molar-refractivity contribution < 1.29 is 36.8 Å².